The molecule has 0 spiro atoms. The number of hydrogen-bond acceptors (Lipinski definition) is 5. The van der Waals surface area contributed by atoms with Crippen LogP contribution in [0.15, 0.2) is 72.0 Å². The summed E-state index contributed by atoms with van der Waals surface area (Å²) >= 11 is 1.66. The number of nitrogens with one attached hydrogen (secondary N) is 1. The first-order chi connectivity index (χ1) is 15.7. The minimum atomic E-state index is 0.0142. The molecule has 0 saturated carbocycles. The molecule has 0 aliphatic heterocycles. The summed E-state index contributed by atoms with van der Waals surface area (Å²) in [6.07, 6.45) is 6.07. The van der Waals surface area contributed by atoms with Crippen LogP contribution in [-0.4, -0.2) is 9.55 Å². The van der Waals surface area contributed by atoms with E-state index in [4.69, 9.17) is 9.72 Å². The second kappa shape index (κ2) is 9.01. The molecular weight excluding hydrogens is 418 g/mol. The highest BCUT2D eigenvalue weighted by Gasteiger charge is 2.22. The average molecular weight is 444 g/mol. The third-order valence-electron chi connectivity index (χ3n) is 5.72. The van der Waals surface area contributed by atoms with Crippen LogP contribution in [0.25, 0.3) is 10.2 Å². The molecule has 1 aliphatic rings. The molecule has 0 saturated heterocycles. The van der Waals surface area contributed by atoms with E-state index in [1.807, 2.05) is 54.6 Å². The van der Waals surface area contributed by atoms with E-state index < -0.39 is 0 Å². The Kier molecular flexibility index (Phi) is 5.77. The molecule has 0 atom stereocenters. The molecule has 0 amide bonds. The molecule has 1 aliphatic carbocycles. The molecule has 4 aromatic rings. The SMILES string of the molecule is C=CCn1c(Nc2cccc(COc3ccccc3)c2)nc2sc3c(c2c1=O)CCCC3. The molecule has 0 radical (unpaired) electrons. The Morgan fingerprint density at radius 1 is 1.12 bits per heavy atom. The van der Waals surface area contributed by atoms with Crippen molar-refractivity contribution in [2.75, 3.05) is 5.32 Å². The molecule has 2 heterocycles. The number of nitrogens with zero attached hydrogens (tertiary/aromatic N) is 2. The van der Waals surface area contributed by atoms with Crippen molar-refractivity contribution in [3.05, 3.63) is 93.6 Å². The van der Waals surface area contributed by atoms with Crippen LogP contribution in [0.4, 0.5) is 11.6 Å². The van der Waals surface area contributed by atoms with Gasteiger partial charge in [-0.15, -0.1) is 17.9 Å². The second-order valence-corrected chi connectivity index (χ2v) is 9.04. The van der Waals surface area contributed by atoms with Gasteiger partial charge < -0.3 is 10.1 Å². The average Bonchev–Trinajstić information content (AvgIpc) is 3.20. The van der Waals surface area contributed by atoms with E-state index in [2.05, 4.69) is 11.9 Å². The molecule has 0 fully saturated rings. The van der Waals surface area contributed by atoms with Gasteiger partial charge in [0.2, 0.25) is 5.95 Å². The van der Waals surface area contributed by atoms with E-state index >= 15 is 0 Å². The fraction of sp³-hybridized carbons (Fsp3) is 0.231. The summed E-state index contributed by atoms with van der Waals surface area (Å²) in [5.74, 6) is 1.38. The van der Waals surface area contributed by atoms with Crippen molar-refractivity contribution in [2.24, 2.45) is 0 Å². The van der Waals surface area contributed by atoms with Crippen LogP contribution >= 0.6 is 11.3 Å². The lowest BCUT2D eigenvalue weighted by molar-refractivity contribution is 0.306. The molecule has 6 heteroatoms. The molecular formula is C26H25N3O2S. The van der Waals surface area contributed by atoms with E-state index in [0.717, 1.165) is 46.5 Å². The normalized spacial score (nSPS) is 13.0. The van der Waals surface area contributed by atoms with Crippen molar-refractivity contribution in [2.45, 2.75) is 38.8 Å². The standard InChI is InChI=1S/C26H25N3O2S/c1-2-15-29-25(30)23-21-13-6-7-14-22(21)32-24(23)28-26(29)27-19-10-8-9-18(16-19)17-31-20-11-4-3-5-12-20/h2-5,8-12,16H,1,6-7,13-15,17H2,(H,27,28). The third-order valence-corrected chi connectivity index (χ3v) is 6.90. The predicted octanol–water partition coefficient (Wildman–Crippen LogP) is 5.85. The van der Waals surface area contributed by atoms with E-state index in [1.165, 1.54) is 16.9 Å². The number of hydrogen-bond donors (Lipinski definition) is 1. The highest BCUT2D eigenvalue weighted by molar-refractivity contribution is 7.18. The van der Waals surface area contributed by atoms with E-state index in [-0.39, 0.29) is 5.56 Å². The number of anilines is 2. The van der Waals surface area contributed by atoms with Gasteiger partial charge in [0.15, 0.2) is 0 Å². The maximum atomic E-state index is 13.4. The number of ether oxygens (including phenoxy) is 1. The number of benzene rings is 2. The maximum absolute atomic E-state index is 13.4. The summed E-state index contributed by atoms with van der Waals surface area (Å²) in [6, 6.07) is 17.8. The first-order valence-corrected chi connectivity index (χ1v) is 11.7. The highest BCUT2D eigenvalue weighted by atomic mass is 32.1. The molecule has 0 unspecified atom stereocenters. The number of rotatable bonds is 7. The van der Waals surface area contributed by atoms with Gasteiger partial charge in [-0.2, -0.15) is 0 Å². The molecule has 2 aromatic heterocycles. The van der Waals surface area contributed by atoms with Gasteiger partial charge in [-0.05, 0) is 61.1 Å². The Bertz CT molecular complexity index is 1320. The van der Waals surface area contributed by atoms with Crippen LogP contribution in [0.5, 0.6) is 5.75 Å². The number of fused-ring (bicyclic) bond motifs is 3. The summed E-state index contributed by atoms with van der Waals surface area (Å²) in [5.41, 5.74) is 3.12. The largest absolute Gasteiger partial charge is 0.489 e. The zero-order valence-electron chi connectivity index (χ0n) is 17.8. The van der Waals surface area contributed by atoms with Crippen LogP contribution in [0.3, 0.4) is 0 Å². The van der Waals surface area contributed by atoms with Gasteiger partial charge in [-0.3, -0.25) is 9.36 Å². The number of aryl methyl sites for hydroxylation is 2. The minimum absolute atomic E-state index is 0.0142. The Labute approximate surface area is 191 Å². The fourth-order valence-electron chi connectivity index (χ4n) is 4.18. The van der Waals surface area contributed by atoms with E-state index in [9.17, 15) is 4.79 Å². The van der Waals surface area contributed by atoms with Gasteiger partial charge in [-0.25, -0.2) is 4.98 Å². The van der Waals surface area contributed by atoms with Gasteiger partial charge in [-0.1, -0.05) is 36.4 Å². The molecule has 5 nitrogen and oxygen atoms in total. The van der Waals surface area contributed by atoms with Gasteiger partial charge >= 0.3 is 0 Å². The van der Waals surface area contributed by atoms with Crippen molar-refractivity contribution < 1.29 is 4.74 Å². The van der Waals surface area contributed by atoms with Crippen LogP contribution in [0.1, 0.15) is 28.8 Å². The lowest BCUT2D eigenvalue weighted by atomic mass is 9.97. The summed E-state index contributed by atoms with van der Waals surface area (Å²) < 4.78 is 7.56. The maximum Gasteiger partial charge on any atom is 0.264 e. The Hall–Kier alpha value is -3.38. The number of allylic oxidation sites excluding steroid dienone is 1. The fourth-order valence-corrected chi connectivity index (χ4v) is 5.44. The Morgan fingerprint density at radius 3 is 2.81 bits per heavy atom. The first-order valence-electron chi connectivity index (χ1n) is 10.9. The van der Waals surface area contributed by atoms with E-state index in [1.54, 1.807) is 22.0 Å². The van der Waals surface area contributed by atoms with Gasteiger partial charge in [0.05, 0.1) is 5.39 Å². The van der Waals surface area contributed by atoms with Gasteiger partial charge in [0.1, 0.15) is 17.2 Å². The molecule has 0 bridgehead atoms. The summed E-state index contributed by atoms with van der Waals surface area (Å²) in [7, 11) is 0. The van der Waals surface area contributed by atoms with Crippen LogP contribution in [0, 0.1) is 0 Å². The lowest BCUT2D eigenvalue weighted by Crippen LogP contribution is -2.24. The van der Waals surface area contributed by atoms with Gasteiger partial charge in [0, 0.05) is 17.1 Å². The highest BCUT2D eigenvalue weighted by Crippen LogP contribution is 2.34. The molecule has 1 N–H and O–H groups in total. The van der Waals surface area contributed by atoms with E-state index in [0.29, 0.717) is 19.1 Å². The van der Waals surface area contributed by atoms with Crippen molar-refractivity contribution in [1.82, 2.24) is 9.55 Å². The smallest absolute Gasteiger partial charge is 0.264 e. The first kappa shape index (κ1) is 20.5. The summed E-state index contributed by atoms with van der Waals surface area (Å²) in [4.78, 5) is 20.4. The van der Waals surface area contributed by atoms with Gasteiger partial charge in [0.25, 0.3) is 5.56 Å². The summed E-state index contributed by atoms with van der Waals surface area (Å²) in [5, 5.41) is 4.16. The molecule has 162 valence electrons. The second-order valence-electron chi connectivity index (χ2n) is 7.96. The monoisotopic (exact) mass is 443 g/mol. The molecule has 32 heavy (non-hydrogen) atoms. The van der Waals surface area contributed by atoms with Crippen molar-refractivity contribution in [1.29, 1.82) is 0 Å². The Balaban J connectivity index is 1.46. The van der Waals surface area contributed by atoms with Crippen LogP contribution in [-0.2, 0) is 26.0 Å². The molecule has 5 rings (SSSR count). The van der Waals surface area contributed by atoms with Crippen LogP contribution in [0.2, 0.25) is 0 Å². The van der Waals surface area contributed by atoms with Crippen molar-refractivity contribution in [3.8, 4) is 5.75 Å². The minimum Gasteiger partial charge on any atom is -0.489 e. The third kappa shape index (κ3) is 4.06. The molecule has 2 aromatic carbocycles. The number of thiophene rings is 1. The van der Waals surface area contributed by atoms with Crippen LogP contribution < -0.4 is 15.6 Å². The van der Waals surface area contributed by atoms with Crippen molar-refractivity contribution >= 4 is 33.2 Å². The Morgan fingerprint density at radius 2 is 1.97 bits per heavy atom. The predicted molar refractivity (Wildman–Crippen MR) is 131 cm³/mol. The lowest BCUT2D eigenvalue weighted by Gasteiger charge is -2.14. The number of aromatic nitrogens is 2. The quantitative estimate of drug-likeness (QED) is 0.364. The number of para-hydroxylation sites is 1. The zero-order chi connectivity index (χ0) is 21.9. The zero-order valence-corrected chi connectivity index (χ0v) is 18.7. The summed E-state index contributed by atoms with van der Waals surface area (Å²) in [6.45, 7) is 4.71. The topological polar surface area (TPSA) is 56.1 Å². The van der Waals surface area contributed by atoms with Crippen molar-refractivity contribution in [3.63, 3.8) is 0 Å².